The summed E-state index contributed by atoms with van der Waals surface area (Å²) < 4.78 is 1.87. The topological polar surface area (TPSA) is 57.8 Å². The van der Waals surface area contributed by atoms with Gasteiger partial charge in [-0.2, -0.15) is 5.26 Å². The van der Waals surface area contributed by atoms with Crippen molar-refractivity contribution in [2.45, 2.75) is 18.4 Å². The molecule has 4 nitrogen and oxygen atoms in total. The van der Waals surface area contributed by atoms with Crippen LogP contribution in [0.3, 0.4) is 0 Å². The maximum atomic E-state index is 12.9. The summed E-state index contributed by atoms with van der Waals surface area (Å²) in [5.74, 6) is -0.100. The summed E-state index contributed by atoms with van der Waals surface area (Å²) >= 11 is 6.06. The van der Waals surface area contributed by atoms with Gasteiger partial charge >= 0.3 is 0 Å². The summed E-state index contributed by atoms with van der Waals surface area (Å²) in [6.07, 6.45) is 1.81. The van der Waals surface area contributed by atoms with Crippen molar-refractivity contribution in [2.75, 3.05) is 0 Å². The Bertz CT molecular complexity index is 1020. The van der Waals surface area contributed by atoms with E-state index in [1.54, 1.807) is 12.1 Å². The highest BCUT2D eigenvalue weighted by molar-refractivity contribution is 6.31. The van der Waals surface area contributed by atoms with Crippen molar-refractivity contribution in [2.24, 2.45) is 7.05 Å². The fourth-order valence-corrected chi connectivity index (χ4v) is 3.44. The lowest BCUT2D eigenvalue weighted by Gasteiger charge is -2.18. The van der Waals surface area contributed by atoms with Gasteiger partial charge in [-0.05, 0) is 48.7 Å². The average Bonchev–Trinajstić information content (AvgIpc) is 3.33. The van der Waals surface area contributed by atoms with Crippen LogP contribution in [0.25, 0.3) is 10.9 Å². The number of hydrogen-bond acceptors (Lipinski definition) is 2. The van der Waals surface area contributed by atoms with Crippen LogP contribution in [0.15, 0.2) is 48.5 Å². The zero-order chi connectivity index (χ0) is 17.6. The highest BCUT2D eigenvalue weighted by Crippen LogP contribution is 2.45. The van der Waals surface area contributed by atoms with Crippen molar-refractivity contribution >= 4 is 28.4 Å². The lowest BCUT2D eigenvalue weighted by Crippen LogP contribution is -2.35. The molecule has 1 fully saturated rings. The van der Waals surface area contributed by atoms with Crippen molar-refractivity contribution in [3.8, 4) is 6.07 Å². The summed E-state index contributed by atoms with van der Waals surface area (Å²) in [6, 6.07) is 17.0. The fraction of sp³-hybridized carbons (Fsp3) is 0.200. The number of nitrogens with zero attached hydrogens (tertiary/aromatic N) is 2. The van der Waals surface area contributed by atoms with Gasteiger partial charge in [0, 0.05) is 23.0 Å². The van der Waals surface area contributed by atoms with E-state index in [0.29, 0.717) is 16.3 Å². The molecule has 1 aliphatic rings. The molecule has 0 unspecified atom stereocenters. The van der Waals surface area contributed by atoms with Gasteiger partial charge in [0.25, 0.3) is 5.91 Å². The second-order valence-electron chi connectivity index (χ2n) is 6.52. The summed E-state index contributed by atoms with van der Waals surface area (Å²) in [4.78, 5) is 12.9. The van der Waals surface area contributed by atoms with Gasteiger partial charge in [0.2, 0.25) is 0 Å². The van der Waals surface area contributed by atoms with Crippen molar-refractivity contribution < 1.29 is 4.79 Å². The predicted molar refractivity (Wildman–Crippen MR) is 97.5 cm³/mol. The first-order valence-electron chi connectivity index (χ1n) is 8.10. The van der Waals surface area contributed by atoms with Gasteiger partial charge in [-0.3, -0.25) is 4.79 Å². The monoisotopic (exact) mass is 349 g/mol. The third kappa shape index (κ3) is 2.67. The van der Waals surface area contributed by atoms with E-state index in [9.17, 15) is 4.79 Å². The van der Waals surface area contributed by atoms with E-state index in [1.165, 1.54) is 0 Å². The quantitative estimate of drug-likeness (QED) is 0.773. The number of fused-ring (bicyclic) bond motifs is 1. The number of carbonyl (C=O) groups excluding carboxylic acids is 1. The standard InChI is InChI=1S/C20H16ClN3O/c1-24-17-11-16(21)7-4-14(17)10-18(24)19(25)23-20(8-9-20)15-5-2-13(12-22)3-6-15/h2-7,10-11H,8-9H2,1H3,(H,23,25). The lowest BCUT2D eigenvalue weighted by molar-refractivity contribution is 0.0923. The van der Waals surface area contributed by atoms with E-state index >= 15 is 0 Å². The van der Waals surface area contributed by atoms with Crippen LogP contribution >= 0.6 is 11.6 Å². The number of nitriles is 1. The SMILES string of the molecule is Cn1c(C(=O)NC2(c3ccc(C#N)cc3)CC2)cc2ccc(Cl)cc21. The number of halogens is 1. The van der Waals surface area contributed by atoms with Gasteiger partial charge in [0.1, 0.15) is 5.69 Å². The molecule has 5 heteroatoms. The van der Waals surface area contributed by atoms with Crippen molar-refractivity contribution in [3.05, 3.63) is 70.4 Å². The summed E-state index contributed by atoms with van der Waals surface area (Å²) in [6.45, 7) is 0. The Hall–Kier alpha value is -2.77. The van der Waals surface area contributed by atoms with E-state index < -0.39 is 0 Å². The second-order valence-corrected chi connectivity index (χ2v) is 6.95. The largest absolute Gasteiger partial charge is 0.341 e. The molecule has 25 heavy (non-hydrogen) atoms. The van der Waals surface area contributed by atoms with Crippen LogP contribution in [0.1, 0.15) is 34.5 Å². The van der Waals surface area contributed by atoms with Crippen LogP contribution in [0.4, 0.5) is 0 Å². The molecule has 1 saturated carbocycles. The maximum absolute atomic E-state index is 12.9. The van der Waals surface area contributed by atoms with Crippen LogP contribution in [-0.4, -0.2) is 10.5 Å². The summed E-state index contributed by atoms with van der Waals surface area (Å²) in [5.41, 5.74) is 2.88. The number of aromatic nitrogens is 1. The third-order valence-electron chi connectivity index (χ3n) is 4.91. The molecule has 1 aliphatic carbocycles. The molecule has 1 N–H and O–H groups in total. The average molecular weight is 350 g/mol. The van der Waals surface area contributed by atoms with Crippen LogP contribution in [0.5, 0.6) is 0 Å². The predicted octanol–water partition coefficient (Wildman–Crippen LogP) is 4.12. The normalized spacial score (nSPS) is 14.9. The lowest BCUT2D eigenvalue weighted by atomic mass is 10.0. The zero-order valence-corrected chi connectivity index (χ0v) is 14.5. The van der Waals surface area contributed by atoms with Crippen LogP contribution in [0.2, 0.25) is 5.02 Å². The number of nitrogens with one attached hydrogen (secondary N) is 1. The first-order chi connectivity index (χ1) is 12.0. The Kier molecular flexibility index (Phi) is 3.55. The van der Waals surface area contributed by atoms with Crippen LogP contribution in [-0.2, 0) is 12.6 Å². The minimum absolute atomic E-state index is 0.100. The Morgan fingerprint density at radius 1 is 1.20 bits per heavy atom. The molecule has 1 aromatic heterocycles. The van der Waals surface area contributed by atoms with E-state index in [0.717, 1.165) is 29.3 Å². The Morgan fingerprint density at radius 3 is 2.56 bits per heavy atom. The molecule has 0 bridgehead atoms. The van der Waals surface area contributed by atoms with Crippen LogP contribution < -0.4 is 5.32 Å². The number of amides is 1. The van der Waals surface area contributed by atoms with Gasteiger partial charge in [-0.25, -0.2) is 0 Å². The molecule has 0 spiro atoms. The molecule has 1 heterocycles. The first-order valence-corrected chi connectivity index (χ1v) is 8.48. The van der Waals surface area contributed by atoms with Crippen molar-refractivity contribution in [3.63, 3.8) is 0 Å². The molecule has 1 amide bonds. The highest BCUT2D eigenvalue weighted by Gasteiger charge is 2.46. The molecule has 2 aromatic carbocycles. The van der Waals surface area contributed by atoms with Gasteiger partial charge < -0.3 is 9.88 Å². The van der Waals surface area contributed by atoms with E-state index in [4.69, 9.17) is 16.9 Å². The van der Waals surface area contributed by atoms with Gasteiger partial charge in [-0.15, -0.1) is 0 Å². The molecule has 124 valence electrons. The molecular weight excluding hydrogens is 334 g/mol. The molecule has 4 rings (SSSR count). The first kappa shape index (κ1) is 15.7. The number of carbonyl (C=O) groups is 1. The van der Waals surface area contributed by atoms with Gasteiger partial charge in [0.05, 0.1) is 17.2 Å². The number of benzene rings is 2. The fourth-order valence-electron chi connectivity index (χ4n) is 3.28. The van der Waals surface area contributed by atoms with Gasteiger partial charge in [0.15, 0.2) is 0 Å². The smallest absolute Gasteiger partial charge is 0.268 e. The summed E-state index contributed by atoms with van der Waals surface area (Å²) in [7, 11) is 1.87. The molecule has 0 atom stereocenters. The van der Waals surface area contributed by atoms with Crippen molar-refractivity contribution in [1.29, 1.82) is 5.26 Å². The molecule has 0 aliphatic heterocycles. The van der Waals surface area contributed by atoms with E-state index in [-0.39, 0.29) is 11.4 Å². The third-order valence-corrected chi connectivity index (χ3v) is 5.14. The second kappa shape index (κ2) is 5.65. The molecule has 0 saturated heterocycles. The molecular formula is C20H16ClN3O. The number of hydrogen-bond donors (Lipinski definition) is 1. The van der Waals surface area contributed by atoms with E-state index in [2.05, 4.69) is 11.4 Å². The highest BCUT2D eigenvalue weighted by atomic mass is 35.5. The zero-order valence-electron chi connectivity index (χ0n) is 13.7. The number of rotatable bonds is 3. The van der Waals surface area contributed by atoms with Crippen LogP contribution in [0, 0.1) is 11.3 Å². The minimum atomic E-state index is -0.320. The maximum Gasteiger partial charge on any atom is 0.268 e. The van der Waals surface area contributed by atoms with E-state index in [1.807, 2.05) is 48.0 Å². The molecule has 0 radical (unpaired) electrons. The van der Waals surface area contributed by atoms with Gasteiger partial charge in [-0.1, -0.05) is 29.8 Å². The Morgan fingerprint density at radius 2 is 1.92 bits per heavy atom. The summed E-state index contributed by atoms with van der Waals surface area (Å²) in [5, 5.41) is 13.7. The number of aryl methyl sites for hydroxylation is 1. The van der Waals surface area contributed by atoms with Crippen molar-refractivity contribution in [1.82, 2.24) is 9.88 Å². The Labute approximate surface area is 150 Å². The Balaban J connectivity index is 1.63. The molecule has 3 aromatic rings. The minimum Gasteiger partial charge on any atom is -0.341 e.